The van der Waals surface area contributed by atoms with Crippen molar-refractivity contribution in [2.24, 2.45) is 5.73 Å². The molecule has 1 fully saturated rings. The monoisotopic (exact) mass is 337 g/mol. The fourth-order valence-corrected chi connectivity index (χ4v) is 3.43. The molecule has 3 rings (SSSR count). The highest BCUT2D eigenvalue weighted by Crippen LogP contribution is 2.33. The van der Waals surface area contributed by atoms with E-state index in [1.54, 1.807) is 6.07 Å². The Bertz CT molecular complexity index is 611. The summed E-state index contributed by atoms with van der Waals surface area (Å²) in [5, 5.41) is 0. The molecule has 0 spiro atoms. The molecule has 1 aromatic carbocycles. The maximum atomic E-state index is 13.1. The molecular weight excluding hydrogens is 321 g/mol. The molecule has 3 N–H and O–H groups in total. The number of hydrogen-bond acceptors (Lipinski definition) is 2. The van der Waals surface area contributed by atoms with Crippen LogP contribution in [0.4, 0.5) is 4.39 Å². The van der Waals surface area contributed by atoms with E-state index in [9.17, 15) is 4.39 Å². The summed E-state index contributed by atoms with van der Waals surface area (Å²) < 4.78 is 13.9. The van der Waals surface area contributed by atoms with Crippen molar-refractivity contribution in [3.8, 4) is 11.3 Å². The summed E-state index contributed by atoms with van der Waals surface area (Å²) in [5.74, 6) is 1.15. The molecule has 0 amide bonds. The van der Waals surface area contributed by atoms with Gasteiger partial charge in [-0.25, -0.2) is 9.37 Å². The number of benzene rings is 1. The summed E-state index contributed by atoms with van der Waals surface area (Å²) in [4.78, 5) is 7.85. The van der Waals surface area contributed by atoms with Crippen LogP contribution in [-0.4, -0.2) is 16.0 Å². The standard InChI is InChI=1S/C15H17BrFN3/c16-13-7-10(17)4-5-12(13)14-8-19-15(20-14)9-2-1-3-11(18)6-9/h4-5,7-9,11H,1-3,6,18H2,(H,19,20). The van der Waals surface area contributed by atoms with E-state index in [0.29, 0.717) is 5.92 Å². The molecule has 5 heteroatoms. The molecule has 0 bridgehead atoms. The lowest BCUT2D eigenvalue weighted by atomic mass is 9.86. The van der Waals surface area contributed by atoms with E-state index in [4.69, 9.17) is 5.73 Å². The van der Waals surface area contributed by atoms with Crippen LogP contribution >= 0.6 is 15.9 Å². The van der Waals surface area contributed by atoms with Crippen LogP contribution in [0.2, 0.25) is 0 Å². The van der Waals surface area contributed by atoms with Gasteiger partial charge >= 0.3 is 0 Å². The van der Waals surface area contributed by atoms with Crippen LogP contribution in [0, 0.1) is 5.82 Å². The smallest absolute Gasteiger partial charge is 0.124 e. The average molecular weight is 338 g/mol. The molecular formula is C15H17BrFN3. The van der Waals surface area contributed by atoms with Gasteiger partial charge in [0.25, 0.3) is 0 Å². The summed E-state index contributed by atoms with van der Waals surface area (Å²) in [6.45, 7) is 0. The highest BCUT2D eigenvalue weighted by molar-refractivity contribution is 9.10. The van der Waals surface area contributed by atoms with E-state index in [0.717, 1.165) is 47.2 Å². The van der Waals surface area contributed by atoms with Crippen LogP contribution in [0.15, 0.2) is 28.9 Å². The van der Waals surface area contributed by atoms with Crippen LogP contribution in [0.1, 0.15) is 37.4 Å². The van der Waals surface area contributed by atoms with Crippen molar-refractivity contribution in [1.29, 1.82) is 0 Å². The number of imidazole rings is 1. The number of nitrogens with two attached hydrogens (primary N) is 1. The second-order valence-electron chi connectivity index (χ2n) is 5.43. The Labute approximate surface area is 125 Å². The first-order valence-electron chi connectivity index (χ1n) is 6.89. The summed E-state index contributed by atoms with van der Waals surface area (Å²) >= 11 is 3.39. The third-order valence-corrected chi connectivity index (χ3v) is 4.57. The van der Waals surface area contributed by atoms with Gasteiger partial charge in [0, 0.05) is 22.0 Å². The quantitative estimate of drug-likeness (QED) is 0.871. The maximum Gasteiger partial charge on any atom is 0.124 e. The molecule has 2 unspecified atom stereocenters. The van der Waals surface area contributed by atoms with Gasteiger partial charge in [-0.3, -0.25) is 0 Å². The van der Waals surface area contributed by atoms with E-state index in [2.05, 4.69) is 25.9 Å². The molecule has 1 saturated carbocycles. The summed E-state index contributed by atoms with van der Waals surface area (Å²) in [7, 11) is 0. The minimum absolute atomic E-state index is 0.251. The molecule has 3 nitrogen and oxygen atoms in total. The fraction of sp³-hybridized carbons (Fsp3) is 0.400. The van der Waals surface area contributed by atoms with Crippen LogP contribution in [0.3, 0.4) is 0 Å². The molecule has 0 saturated heterocycles. The first-order valence-corrected chi connectivity index (χ1v) is 7.68. The number of nitrogens with zero attached hydrogens (tertiary/aromatic N) is 1. The molecule has 2 atom stereocenters. The molecule has 1 aliphatic carbocycles. The van der Waals surface area contributed by atoms with Gasteiger partial charge in [-0.05, 0) is 53.4 Å². The third-order valence-electron chi connectivity index (χ3n) is 3.92. The summed E-state index contributed by atoms with van der Waals surface area (Å²) in [5.41, 5.74) is 7.86. The van der Waals surface area contributed by atoms with E-state index < -0.39 is 0 Å². The second-order valence-corrected chi connectivity index (χ2v) is 6.28. The van der Waals surface area contributed by atoms with Crippen LogP contribution in [-0.2, 0) is 0 Å². The molecule has 106 valence electrons. The van der Waals surface area contributed by atoms with Crippen LogP contribution in [0.25, 0.3) is 11.3 Å². The number of hydrogen-bond donors (Lipinski definition) is 2. The zero-order chi connectivity index (χ0) is 14.1. The zero-order valence-electron chi connectivity index (χ0n) is 11.1. The van der Waals surface area contributed by atoms with Crippen molar-refractivity contribution in [3.63, 3.8) is 0 Å². The Hall–Kier alpha value is -1.20. The molecule has 1 heterocycles. The summed E-state index contributed by atoms with van der Waals surface area (Å²) in [6.07, 6.45) is 6.19. The zero-order valence-corrected chi connectivity index (χ0v) is 12.7. The van der Waals surface area contributed by atoms with Gasteiger partial charge in [0.05, 0.1) is 11.9 Å². The van der Waals surface area contributed by atoms with Gasteiger partial charge < -0.3 is 10.7 Å². The van der Waals surface area contributed by atoms with Crippen molar-refractivity contribution >= 4 is 15.9 Å². The largest absolute Gasteiger partial charge is 0.342 e. The minimum atomic E-state index is -0.251. The molecule has 0 aliphatic heterocycles. The predicted octanol–water partition coefficient (Wildman–Crippen LogP) is 3.96. The van der Waals surface area contributed by atoms with Crippen molar-refractivity contribution in [2.75, 3.05) is 0 Å². The van der Waals surface area contributed by atoms with Crippen molar-refractivity contribution < 1.29 is 4.39 Å². The Morgan fingerprint density at radius 3 is 2.95 bits per heavy atom. The molecule has 1 aromatic heterocycles. The molecule has 0 radical (unpaired) electrons. The third kappa shape index (κ3) is 2.79. The normalized spacial score (nSPS) is 22.9. The predicted molar refractivity (Wildman–Crippen MR) is 80.9 cm³/mol. The van der Waals surface area contributed by atoms with Crippen LogP contribution in [0.5, 0.6) is 0 Å². The Balaban J connectivity index is 1.86. The number of nitrogens with one attached hydrogen (secondary N) is 1. The number of aromatic nitrogens is 2. The fourth-order valence-electron chi connectivity index (χ4n) is 2.86. The topological polar surface area (TPSA) is 54.7 Å². The van der Waals surface area contributed by atoms with Gasteiger partial charge in [0.2, 0.25) is 0 Å². The van der Waals surface area contributed by atoms with Gasteiger partial charge in [0.1, 0.15) is 11.6 Å². The van der Waals surface area contributed by atoms with Gasteiger partial charge in [-0.15, -0.1) is 0 Å². The van der Waals surface area contributed by atoms with Gasteiger partial charge in [0.15, 0.2) is 0 Å². The van der Waals surface area contributed by atoms with E-state index >= 15 is 0 Å². The lowest BCUT2D eigenvalue weighted by Crippen LogP contribution is -2.27. The lowest BCUT2D eigenvalue weighted by Gasteiger charge is -2.24. The average Bonchev–Trinajstić information content (AvgIpc) is 2.88. The van der Waals surface area contributed by atoms with E-state index in [-0.39, 0.29) is 11.9 Å². The van der Waals surface area contributed by atoms with Crippen molar-refractivity contribution in [1.82, 2.24) is 9.97 Å². The first-order chi connectivity index (χ1) is 9.63. The van der Waals surface area contributed by atoms with Gasteiger partial charge in [-0.2, -0.15) is 0 Å². The van der Waals surface area contributed by atoms with E-state index in [1.165, 1.54) is 12.1 Å². The van der Waals surface area contributed by atoms with Crippen LogP contribution < -0.4 is 5.73 Å². The number of halogens is 2. The highest BCUT2D eigenvalue weighted by Gasteiger charge is 2.23. The molecule has 2 aromatic rings. The number of rotatable bonds is 2. The first kappa shape index (κ1) is 13.8. The molecule has 1 aliphatic rings. The Morgan fingerprint density at radius 2 is 2.20 bits per heavy atom. The Kier molecular flexibility index (Phi) is 3.89. The SMILES string of the molecule is NC1CCCC(c2ncc(-c3ccc(F)cc3Br)[nH]2)C1. The van der Waals surface area contributed by atoms with E-state index in [1.807, 2.05) is 6.20 Å². The number of H-pyrrole nitrogens is 1. The second kappa shape index (κ2) is 5.66. The maximum absolute atomic E-state index is 13.1. The van der Waals surface area contributed by atoms with Gasteiger partial charge in [-0.1, -0.05) is 6.42 Å². The van der Waals surface area contributed by atoms with Crippen molar-refractivity contribution in [3.05, 3.63) is 40.5 Å². The van der Waals surface area contributed by atoms with Crippen molar-refractivity contribution in [2.45, 2.75) is 37.6 Å². The highest BCUT2D eigenvalue weighted by atomic mass is 79.9. The summed E-state index contributed by atoms with van der Waals surface area (Å²) in [6, 6.07) is 4.95. The minimum Gasteiger partial charge on any atom is -0.342 e. The number of aromatic amines is 1. The Morgan fingerprint density at radius 1 is 1.35 bits per heavy atom. The molecule has 20 heavy (non-hydrogen) atoms. The lowest BCUT2D eigenvalue weighted by molar-refractivity contribution is 0.383.